The van der Waals surface area contributed by atoms with Gasteiger partial charge in [-0.3, -0.25) is 9.69 Å². The molecule has 0 aromatic heterocycles. The van der Waals surface area contributed by atoms with E-state index in [2.05, 4.69) is 0 Å². The Morgan fingerprint density at radius 3 is 1.50 bits per heavy atom. The van der Waals surface area contributed by atoms with Crippen molar-refractivity contribution in [3.05, 3.63) is 56.6 Å². The van der Waals surface area contributed by atoms with Gasteiger partial charge in [-0.05, 0) is 54.6 Å². The molecule has 1 aliphatic rings. The van der Waals surface area contributed by atoms with Gasteiger partial charge in [-0.15, -0.1) is 0 Å². The number of methoxy groups -OCH3 is 4. The first kappa shape index (κ1) is 24.0. The zero-order valence-electron chi connectivity index (χ0n) is 18.6. The van der Waals surface area contributed by atoms with Crippen molar-refractivity contribution in [2.75, 3.05) is 48.6 Å². The molecule has 0 aliphatic carbocycles. The first-order chi connectivity index (χ1) is 15.3. The number of likely N-dealkylation sites (N-methyl/N-ethyl adjacent to an activating group) is 1. The van der Waals surface area contributed by atoms with Crippen LogP contribution in [0.5, 0.6) is 23.0 Å². The van der Waals surface area contributed by atoms with Crippen molar-refractivity contribution < 1.29 is 23.7 Å². The van der Waals surface area contributed by atoms with E-state index in [4.69, 9.17) is 42.1 Å². The molecule has 0 unspecified atom stereocenters. The van der Waals surface area contributed by atoms with Crippen LogP contribution in [0, 0.1) is 0 Å². The largest absolute Gasteiger partial charge is 0.493 e. The van der Waals surface area contributed by atoms with Crippen molar-refractivity contribution >= 4 is 41.1 Å². The number of ether oxygens (including phenoxy) is 4. The van der Waals surface area contributed by atoms with Gasteiger partial charge in [-0.25, -0.2) is 0 Å². The first-order valence-corrected chi connectivity index (χ1v) is 10.6. The fraction of sp³-hybridized carbons (Fsp3) is 0.292. The molecule has 1 aliphatic heterocycles. The molecular weight excluding hydrogens is 453 g/mol. The molecular formula is C24H25Cl2NO5. The van der Waals surface area contributed by atoms with Gasteiger partial charge in [0.05, 0.1) is 38.5 Å². The molecule has 8 heteroatoms. The summed E-state index contributed by atoms with van der Waals surface area (Å²) in [4.78, 5) is 15.3. The summed E-state index contributed by atoms with van der Waals surface area (Å²) in [5.74, 6) is 1.83. The lowest BCUT2D eigenvalue weighted by Gasteiger charge is -2.26. The van der Waals surface area contributed by atoms with Crippen LogP contribution < -0.4 is 18.9 Å². The van der Waals surface area contributed by atoms with E-state index in [0.29, 0.717) is 68.4 Å². The van der Waals surface area contributed by atoms with Crippen molar-refractivity contribution in [2.24, 2.45) is 0 Å². The van der Waals surface area contributed by atoms with Crippen molar-refractivity contribution in [3.63, 3.8) is 0 Å². The molecule has 0 spiro atoms. The summed E-state index contributed by atoms with van der Waals surface area (Å²) in [5.41, 5.74) is 2.56. The number of halogens is 2. The van der Waals surface area contributed by atoms with Gasteiger partial charge < -0.3 is 18.9 Å². The quantitative estimate of drug-likeness (QED) is 0.545. The van der Waals surface area contributed by atoms with Crippen molar-refractivity contribution in [1.29, 1.82) is 0 Å². The van der Waals surface area contributed by atoms with Crippen LogP contribution in [0.15, 0.2) is 35.4 Å². The van der Waals surface area contributed by atoms with Crippen LogP contribution in [-0.2, 0) is 4.79 Å². The molecule has 0 saturated carbocycles. The monoisotopic (exact) mass is 477 g/mol. The average molecular weight is 478 g/mol. The number of rotatable bonds is 6. The third kappa shape index (κ3) is 4.72. The normalized spacial score (nSPS) is 17.0. The molecule has 170 valence electrons. The molecule has 32 heavy (non-hydrogen) atoms. The highest BCUT2D eigenvalue weighted by Crippen LogP contribution is 2.40. The Bertz CT molecular complexity index is 1010. The summed E-state index contributed by atoms with van der Waals surface area (Å²) < 4.78 is 21.3. The van der Waals surface area contributed by atoms with Crippen LogP contribution in [0.3, 0.4) is 0 Å². The lowest BCUT2D eigenvalue weighted by atomic mass is 9.94. The molecule has 0 radical (unpaired) electrons. The molecule has 1 heterocycles. The second-order valence-electron chi connectivity index (χ2n) is 7.25. The van der Waals surface area contributed by atoms with Crippen LogP contribution in [0.25, 0.3) is 12.2 Å². The molecule has 0 amide bonds. The average Bonchev–Trinajstić information content (AvgIpc) is 2.78. The number of carbonyl (C=O) groups is 1. The number of Topliss-reactive ketones (excluding diaryl/α,β-unsaturated/α-hetero) is 1. The van der Waals surface area contributed by atoms with Crippen LogP contribution >= 0.6 is 23.2 Å². The molecule has 3 rings (SSSR count). The van der Waals surface area contributed by atoms with Gasteiger partial charge in [-0.2, -0.15) is 0 Å². The van der Waals surface area contributed by atoms with Gasteiger partial charge in [0, 0.05) is 24.2 Å². The SMILES string of the molecule is COc1ccc(C=C2CN(C)CC(=Cc3ccc(OC)c(OC)c3Cl)C2=O)c(Cl)c1OC. The highest BCUT2D eigenvalue weighted by Gasteiger charge is 2.25. The second kappa shape index (κ2) is 10.3. The van der Waals surface area contributed by atoms with Gasteiger partial charge in [0.2, 0.25) is 0 Å². The van der Waals surface area contributed by atoms with E-state index in [1.165, 1.54) is 14.2 Å². The molecule has 0 N–H and O–H groups in total. The standard InChI is InChI=1S/C24H25Cl2NO5/c1-27-12-16(10-14-6-8-18(29-2)23(31-4)20(14)25)22(28)17(13-27)11-15-7-9-19(30-3)24(32-5)21(15)26/h6-11H,12-13H2,1-5H3. The van der Waals surface area contributed by atoms with Crippen LogP contribution in [0.1, 0.15) is 11.1 Å². The van der Waals surface area contributed by atoms with Crippen LogP contribution in [-0.4, -0.2) is 59.3 Å². The maximum absolute atomic E-state index is 13.3. The predicted octanol–water partition coefficient (Wildman–Crippen LogP) is 5.01. The third-order valence-electron chi connectivity index (χ3n) is 5.15. The smallest absolute Gasteiger partial charge is 0.187 e. The van der Waals surface area contributed by atoms with E-state index in [0.717, 1.165) is 0 Å². The highest BCUT2D eigenvalue weighted by atomic mass is 35.5. The van der Waals surface area contributed by atoms with Crippen LogP contribution in [0.2, 0.25) is 10.0 Å². The summed E-state index contributed by atoms with van der Waals surface area (Å²) in [6.45, 7) is 0.973. The summed E-state index contributed by atoms with van der Waals surface area (Å²) >= 11 is 13.0. The molecule has 0 bridgehead atoms. The fourth-order valence-electron chi connectivity index (χ4n) is 3.62. The Hall–Kier alpha value is -2.67. The van der Waals surface area contributed by atoms with Crippen molar-refractivity contribution in [1.82, 2.24) is 4.90 Å². The lowest BCUT2D eigenvalue weighted by Crippen LogP contribution is -2.34. The third-order valence-corrected chi connectivity index (χ3v) is 5.93. The predicted molar refractivity (Wildman–Crippen MR) is 128 cm³/mol. The molecule has 6 nitrogen and oxygen atoms in total. The lowest BCUT2D eigenvalue weighted by molar-refractivity contribution is -0.113. The Kier molecular flexibility index (Phi) is 7.72. The maximum atomic E-state index is 13.3. The molecule has 1 saturated heterocycles. The van der Waals surface area contributed by atoms with E-state index in [1.807, 2.05) is 11.9 Å². The maximum Gasteiger partial charge on any atom is 0.187 e. The minimum absolute atomic E-state index is 0.0696. The van der Waals surface area contributed by atoms with Crippen molar-refractivity contribution in [3.8, 4) is 23.0 Å². The highest BCUT2D eigenvalue weighted by molar-refractivity contribution is 6.34. The Morgan fingerprint density at radius 2 is 1.16 bits per heavy atom. The van der Waals surface area contributed by atoms with Gasteiger partial charge in [0.1, 0.15) is 0 Å². The Balaban J connectivity index is 2.02. The minimum atomic E-state index is -0.0696. The number of piperidine rings is 1. The van der Waals surface area contributed by atoms with E-state index >= 15 is 0 Å². The summed E-state index contributed by atoms with van der Waals surface area (Å²) in [6, 6.07) is 7.11. The number of likely N-dealkylation sites (tertiary alicyclic amines) is 1. The Morgan fingerprint density at radius 1 is 0.750 bits per heavy atom. The van der Waals surface area contributed by atoms with Crippen LogP contribution in [0.4, 0.5) is 0 Å². The number of ketones is 1. The minimum Gasteiger partial charge on any atom is -0.493 e. The van der Waals surface area contributed by atoms with Gasteiger partial charge >= 0.3 is 0 Å². The molecule has 2 aromatic rings. The van der Waals surface area contributed by atoms with Crippen molar-refractivity contribution in [2.45, 2.75) is 0 Å². The van der Waals surface area contributed by atoms with E-state index < -0.39 is 0 Å². The fourth-order valence-corrected chi connectivity index (χ4v) is 4.19. The summed E-state index contributed by atoms with van der Waals surface area (Å²) in [5, 5.41) is 0.766. The Labute approximate surface area is 197 Å². The number of hydrogen-bond donors (Lipinski definition) is 0. The molecule has 1 fully saturated rings. The van der Waals surface area contributed by atoms with Gasteiger partial charge in [0.25, 0.3) is 0 Å². The molecule has 0 atom stereocenters. The topological polar surface area (TPSA) is 57.2 Å². The zero-order valence-corrected chi connectivity index (χ0v) is 20.1. The number of benzene rings is 2. The first-order valence-electron chi connectivity index (χ1n) is 9.79. The summed E-state index contributed by atoms with van der Waals surface area (Å²) in [7, 11) is 8.08. The zero-order chi connectivity index (χ0) is 23.4. The molecule has 2 aromatic carbocycles. The van der Waals surface area contributed by atoms with E-state index in [9.17, 15) is 4.79 Å². The second-order valence-corrected chi connectivity index (χ2v) is 8.01. The van der Waals surface area contributed by atoms with E-state index in [1.54, 1.807) is 50.6 Å². The van der Waals surface area contributed by atoms with Gasteiger partial charge in [0.15, 0.2) is 28.8 Å². The van der Waals surface area contributed by atoms with E-state index in [-0.39, 0.29) is 5.78 Å². The number of hydrogen-bond acceptors (Lipinski definition) is 6. The number of carbonyl (C=O) groups excluding carboxylic acids is 1. The summed E-state index contributed by atoms with van der Waals surface area (Å²) in [6.07, 6.45) is 3.57. The van der Waals surface area contributed by atoms with Gasteiger partial charge in [-0.1, -0.05) is 23.2 Å². The number of nitrogens with zero attached hydrogens (tertiary/aromatic N) is 1.